The summed E-state index contributed by atoms with van der Waals surface area (Å²) in [6.45, 7) is 6.32. The molecule has 0 aromatic carbocycles. The minimum atomic E-state index is -0.798. The van der Waals surface area contributed by atoms with Gasteiger partial charge in [-0.25, -0.2) is 0 Å². The first-order valence-corrected chi connectivity index (χ1v) is 23.4. The first kappa shape index (κ1) is 52.8. The zero-order chi connectivity index (χ0) is 40.3. The standard InChI is InChI=1S/C49H89NO5/c1-4-7-10-13-16-19-21-23-25-26-29-31-34-37-40-45(55-49(54)42-39-36-33-30-27-24-22-20-17-14-11-8-5-2)43-48(53)50-46(44-51)47(52)41-38-35-32-28-18-15-12-9-6-3/h7,10,16,19,23,25,29,31,45-47,51-52H,4-6,8-9,11-15,17-18,20-22,24,26-28,30,32-44H2,1-3H3,(H,50,53)/b10-7+,19-16+,25-23+,31-29+. The van der Waals surface area contributed by atoms with Crippen LogP contribution in [0, 0.1) is 0 Å². The molecule has 6 heteroatoms. The number of hydrogen-bond acceptors (Lipinski definition) is 5. The fourth-order valence-corrected chi connectivity index (χ4v) is 6.90. The number of nitrogens with one attached hydrogen (secondary N) is 1. The lowest BCUT2D eigenvalue weighted by molar-refractivity contribution is -0.151. The van der Waals surface area contributed by atoms with E-state index in [1.54, 1.807) is 0 Å². The van der Waals surface area contributed by atoms with Crippen molar-refractivity contribution < 1.29 is 24.5 Å². The van der Waals surface area contributed by atoms with Crippen molar-refractivity contribution in [3.05, 3.63) is 48.6 Å². The Balaban J connectivity index is 4.69. The van der Waals surface area contributed by atoms with Gasteiger partial charge in [0.05, 0.1) is 25.2 Å². The van der Waals surface area contributed by atoms with Crippen LogP contribution in [0.5, 0.6) is 0 Å². The highest BCUT2D eigenvalue weighted by Gasteiger charge is 2.24. The summed E-state index contributed by atoms with van der Waals surface area (Å²) in [5, 5.41) is 23.6. The van der Waals surface area contributed by atoms with E-state index in [1.165, 1.54) is 103 Å². The fraction of sp³-hybridized carbons (Fsp3) is 0.796. The number of carbonyl (C=O) groups is 2. The van der Waals surface area contributed by atoms with E-state index in [0.717, 1.165) is 77.0 Å². The highest BCUT2D eigenvalue weighted by molar-refractivity contribution is 5.77. The van der Waals surface area contributed by atoms with E-state index in [0.29, 0.717) is 19.3 Å². The molecule has 3 atom stereocenters. The van der Waals surface area contributed by atoms with Crippen molar-refractivity contribution in [3.63, 3.8) is 0 Å². The van der Waals surface area contributed by atoms with E-state index in [-0.39, 0.29) is 24.9 Å². The molecule has 0 aliphatic heterocycles. The van der Waals surface area contributed by atoms with Crippen LogP contribution < -0.4 is 5.32 Å². The highest BCUT2D eigenvalue weighted by Crippen LogP contribution is 2.17. The van der Waals surface area contributed by atoms with E-state index in [4.69, 9.17) is 4.74 Å². The average molecular weight is 772 g/mol. The third-order valence-electron chi connectivity index (χ3n) is 10.4. The Labute approximate surface area is 340 Å². The van der Waals surface area contributed by atoms with E-state index >= 15 is 0 Å². The van der Waals surface area contributed by atoms with Crippen LogP contribution in [0.25, 0.3) is 0 Å². The van der Waals surface area contributed by atoms with Gasteiger partial charge in [-0.1, -0.05) is 204 Å². The molecule has 0 fully saturated rings. The van der Waals surface area contributed by atoms with Crippen molar-refractivity contribution in [2.24, 2.45) is 0 Å². The number of esters is 1. The van der Waals surface area contributed by atoms with Gasteiger partial charge >= 0.3 is 5.97 Å². The zero-order valence-corrected chi connectivity index (χ0v) is 36.3. The average Bonchev–Trinajstić information content (AvgIpc) is 3.18. The largest absolute Gasteiger partial charge is 0.462 e. The molecule has 0 rings (SSSR count). The Bertz CT molecular complexity index is 957. The molecule has 0 aromatic rings. The summed E-state index contributed by atoms with van der Waals surface area (Å²) in [5.74, 6) is -0.527. The van der Waals surface area contributed by atoms with Crippen molar-refractivity contribution >= 4 is 11.9 Å². The van der Waals surface area contributed by atoms with Crippen LogP contribution >= 0.6 is 0 Å². The van der Waals surface area contributed by atoms with Gasteiger partial charge in [-0.15, -0.1) is 0 Å². The van der Waals surface area contributed by atoms with Crippen LogP contribution in [0.3, 0.4) is 0 Å². The first-order valence-electron chi connectivity index (χ1n) is 23.4. The lowest BCUT2D eigenvalue weighted by Crippen LogP contribution is -2.46. The van der Waals surface area contributed by atoms with Crippen LogP contribution in [0.2, 0.25) is 0 Å². The van der Waals surface area contributed by atoms with E-state index < -0.39 is 18.2 Å². The number of aliphatic hydroxyl groups excluding tert-OH is 2. The number of hydrogen-bond donors (Lipinski definition) is 3. The number of rotatable bonds is 41. The van der Waals surface area contributed by atoms with E-state index in [2.05, 4.69) is 74.7 Å². The predicted octanol–water partition coefficient (Wildman–Crippen LogP) is 13.5. The number of carbonyl (C=O) groups excluding carboxylic acids is 2. The Morgan fingerprint density at radius 3 is 1.45 bits per heavy atom. The second-order valence-corrected chi connectivity index (χ2v) is 15.8. The maximum Gasteiger partial charge on any atom is 0.306 e. The molecular weight excluding hydrogens is 683 g/mol. The van der Waals surface area contributed by atoms with Crippen molar-refractivity contribution in [2.45, 2.75) is 244 Å². The van der Waals surface area contributed by atoms with Gasteiger partial charge in [0, 0.05) is 6.42 Å². The Morgan fingerprint density at radius 2 is 0.982 bits per heavy atom. The summed E-state index contributed by atoms with van der Waals surface area (Å²) in [5.41, 5.74) is 0. The fourth-order valence-electron chi connectivity index (χ4n) is 6.90. The molecular formula is C49H89NO5. The molecule has 0 radical (unpaired) electrons. The molecule has 3 N–H and O–H groups in total. The molecule has 0 aromatic heterocycles. The molecule has 0 saturated carbocycles. The van der Waals surface area contributed by atoms with Crippen molar-refractivity contribution in [1.82, 2.24) is 5.32 Å². The molecule has 0 aliphatic carbocycles. The monoisotopic (exact) mass is 772 g/mol. The summed E-state index contributed by atoms with van der Waals surface area (Å²) < 4.78 is 5.88. The molecule has 0 heterocycles. The quantitative estimate of drug-likeness (QED) is 0.0327. The first-order chi connectivity index (χ1) is 27.0. The Hall–Kier alpha value is -2.18. The molecule has 6 nitrogen and oxygen atoms in total. The summed E-state index contributed by atoms with van der Waals surface area (Å²) in [4.78, 5) is 26.0. The number of aliphatic hydroxyl groups is 2. The molecule has 55 heavy (non-hydrogen) atoms. The van der Waals surface area contributed by atoms with Gasteiger partial charge in [0.25, 0.3) is 0 Å². The van der Waals surface area contributed by atoms with Gasteiger partial charge < -0.3 is 20.3 Å². The van der Waals surface area contributed by atoms with Crippen LogP contribution in [0.4, 0.5) is 0 Å². The summed E-state index contributed by atoms with van der Waals surface area (Å²) in [6, 6.07) is -0.715. The second kappa shape index (κ2) is 43.0. The normalized spacial score (nSPS) is 13.8. The predicted molar refractivity (Wildman–Crippen MR) is 236 cm³/mol. The van der Waals surface area contributed by atoms with Gasteiger partial charge in [-0.3, -0.25) is 9.59 Å². The van der Waals surface area contributed by atoms with Gasteiger partial charge in [-0.2, -0.15) is 0 Å². The lowest BCUT2D eigenvalue weighted by Gasteiger charge is -2.24. The minimum Gasteiger partial charge on any atom is -0.462 e. The van der Waals surface area contributed by atoms with Gasteiger partial charge in [0.15, 0.2) is 0 Å². The second-order valence-electron chi connectivity index (χ2n) is 15.8. The number of ether oxygens (including phenoxy) is 1. The molecule has 3 unspecified atom stereocenters. The molecule has 0 saturated heterocycles. The SMILES string of the molecule is CC/C=C/C/C=C/C/C=C/C/C=C/CCCC(CC(=O)NC(CO)C(O)CCCCCCCCCCC)OC(=O)CCCCCCCCCCCCCCC. The number of amides is 1. The zero-order valence-electron chi connectivity index (χ0n) is 36.3. The third kappa shape index (κ3) is 38.5. The maximum absolute atomic E-state index is 13.1. The number of allylic oxidation sites excluding steroid dienone is 8. The van der Waals surface area contributed by atoms with Gasteiger partial charge in [-0.05, 0) is 57.8 Å². The summed E-state index contributed by atoms with van der Waals surface area (Å²) >= 11 is 0. The summed E-state index contributed by atoms with van der Waals surface area (Å²) in [6.07, 6.45) is 50.3. The van der Waals surface area contributed by atoms with Crippen molar-refractivity contribution in [1.29, 1.82) is 0 Å². The van der Waals surface area contributed by atoms with Gasteiger partial charge in [0.1, 0.15) is 6.10 Å². The minimum absolute atomic E-state index is 0.0415. The van der Waals surface area contributed by atoms with Crippen LogP contribution in [-0.2, 0) is 14.3 Å². The van der Waals surface area contributed by atoms with Crippen LogP contribution in [0.15, 0.2) is 48.6 Å². The van der Waals surface area contributed by atoms with Crippen LogP contribution in [0.1, 0.15) is 226 Å². The van der Waals surface area contributed by atoms with Crippen LogP contribution in [-0.4, -0.2) is 46.9 Å². The highest BCUT2D eigenvalue weighted by atomic mass is 16.5. The molecule has 1 amide bonds. The molecule has 0 spiro atoms. The molecule has 320 valence electrons. The topological polar surface area (TPSA) is 95.9 Å². The Morgan fingerprint density at radius 1 is 0.545 bits per heavy atom. The summed E-state index contributed by atoms with van der Waals surface area (Å²) in [7, 11) is 0. The van der Waals surface area contributed by atoms with E-state index in [1.807, 2.05) is 0 Å². The molecule has 0 bridgehead atoms. The smallest absolute Gasteiger partial charge is 0.306 e. The van der Waals surface area contributed by atoms with Crippen molar-refractivity contribution in [2.75, 3.05) is 6.61 Å². The maximum atomic E-state index is 13.1. The van der Waals surface area contributed by atoms with E-state index in [9.17, 15) is 19.8 Å². The number of unbranched alkanes of at least 4 members (excludes halogenated alkanes) is 21. The van der Waals surface area contributed by atoms with Crippen molar-refractivity contribution in [3.8, 4) is 0 Å². The lowest BCUT2D eigenvalue weighted by atomic mass is 10.0. The van der Waals surface area contributed by atoms with Gasteiger partial charge in [0.2, 0.25) is 5.91 Å². The molecule has 0 aliphatic rings. The third-order valence-corrected chi connectivity index (χ3v) is 10.4. The Kier molecular flexibility index (Phi) is 41.2.